The van der Waals surface area contributed by atoms with Gasteiger partial charge in [-0.1, -0.05) is 6.92 Å². The number of carbonyl (C=O) groups excluding carboxylic acids is 1. The van der Waals surface area contributed by atoms with Crippen molar-refractivity contribution in [2.45, 2.75) is 51.1 Å². The number of aryl methyl sites for hydroxylation is 1. The number of carbonyl (C=O) groups is 2. The number of halogens is 8. The van der Waals surface area contributed by atoms with Gasteiger partial charge in [-0.2, -0.15) is 26.3 Å². The summed E-state index contributed by atoms with van der Waals surface area (Å²) in [5.41, 5.74) is -4.93. The molecule has 2 atom stereocenters. The van der Waals surface area contributed by atoms with E-state index in [0.29, 0.717) is 12.1 Å². The number of hydrogen-bond donors (Lipinski definition) is 3. The lowest BCUT2D eigenvalue weighted by Crippen LogP contribution is -2.43. The third kappa shape index (κ3) is 6.67. The van der Waals surface area contributed by atoms with E-state index in [1.54, 1.807) is 0 Å². The number of anilines is 1. The zero-order valence-corrected chi connectivity index (χ0v) is 24.1. The van der Waals surface area contributed by atoms with Crippen molar-refractivity contribution in [1.82, 2.24) is 19.3 Å². The Morgan fingerprint density at radius 2 is 1.72 bits per heavy atom. The number of benzene rings is 1. The summed E-state index contributed by atoms with van der Waals surface area (Å²) in [6.45, 7) is 2.50. The van der Waals surface area contributed by atoms with E-state index in [0.717, 1.165) is 16.7 Å². The number of rotatable bonds is 9. The largest absolute Gasteiger partial charge is 0.480 e. The number of pyridine rings is 2. The van der Waals surface area contributed by atoms with E-state index in [1.165, 1.54) is 43.8 Å². The summed E-state index contributed by atoms with van der Waals surface area (Å²) < 4.78 is 113. The van der Waals surface area contributed by atoms with Crippen molar-refractivity contribution in [2.75, 3.05) is 5.32 Å². The molecule has 3 N–H and O–H groups in total. The highest BCUT2D eigenvalue weighted by Crippen LogP contribution is 2.37. The Hall–Kier alpha value is -4.96. The highest BCUT2D eigenvalue weighted by atomic mass is 19.4. The van der Waals surface area contributed by atoms with E-state index in [9.17, 15) is 54.6 Å². The lowest BCUT2D eigenvalue weighted by atomic mass is 9.99. The molecule has 17 heteroatoms. The average molecular weight is 660 g/mol. The van der Waals surface area contributed by atoms with Gasteiger partial charge >= 0.3 is 18.3 Å². The topological polar surface area (TPSA) is 118 Å². The van der Waals surface area contributed by atoms with Crippen LogP contribution in [0.25, 0.3) is 16.8 Å². The van der Waals surface area contributed by atoms with Gasteiger partial charge in [0.1, 0.15) is 29.4 Å². The molecule has 46 heavy (non-hydrogen) atoms. The highest BCUT2D eigenvalue weighted by molar-refractivity contribution is 5.97. The minimum absolute atomic E-state index is 0.0470. The number of amides is 1. The van der Waals surface area contributed by atoms with Gasteiger partial charge in [-0.3, -0.25) is 9.59 Å². The van der Waals surface area contributed by atoms with E-state index < -0.39 is 88.7 Å². The van der Waals surface area contributed by atoms with Gasteiger partial charge in [0, 0.05) is 48.9 Å². The second-order valence-corrected chi connectivity index (χ2v) is 10.3. The molecule has 0 saturated carbocycles. The summed E-state index contributed by atoms with van der Waals surface area (Å²) in [5.74, 6) is -5.89. The van der Waals surface area contributed by atoms with Gasteiger partial charge < -0.3 is 24.7 Å². The smallest absolute Gasteiger partial charge is 0.417 e. The third-order valence-corrected chi connectivity index (χ3v) is 7.33. The van der Waals surface area contributed by atoms with Crippen molar-refractivity contribution < 1.29 is 49.8 Å². The molecule has 0 aliphatic rings. The predicted octanol–water partition coefficient (Wildman–Crippen LogP) is 5.48. The minimum Gasteiger partial charge on any atom is -0.480 e. The van der Waals surface area contributed by atoms with E-state index in [4.69, 9.17) is 0 Å². The SMILES string of the molecule is CCC(Nc1cc(F)c(C(=O)NC(Cc2ccc(-c3c(C(F)(F)F)cc(C)n(C)c3=O)c3nccn23)C(=O)O)cc1F)C(F)(F)F. The molecule has 1 aromatic carbocycles. The Kier molecular flexibility index (Phi) is 9.17. The molecular formula is C29H25F8N5O4. The van der Waals surface area contributed by atoms with E-state index in [1.807, 2.05) is 10.6 Å². The maximum atomic E-state index is 14.8. The first-order chi connectivity index (χ1) is 21.3. The number of fused-ring (bicyclic) bond motifs is 1. The molecule has 0 aliphatic carbocycles. The normalized spacial score (nSPS) is 13.5. The van der Waals surface area contributed by atoms with Crippen molar-refractivity contribution in [3.05, 3.63) is 87.2 Å². The number of carboxylic acid groups (broad SMARTS) is 1. The van der Waals surface area contributed by atoms with Crippen molar-refractivity contribution >= 4 is 23.2 Å². The fraction of sp³-hybridized carbons (Fsp3) is 0.310. The Balaban J connectivity index is 1.67. The quantitative estimate of drug-likeness (QED) is 0.205. The molecule has 9 nitrogen and oxygen atoms in total. The third-order valence-electron chi connectivity index (χ3n) is 7.33. The number of aromatic nitrogens is 3. The maximum Gasteiger partial charge on any atom is 0.417 e. The van der Waals surface area contributed by atoms with E-state index >= 15 is 0 Å². The molecule has 0 saturated heterocycles. The zero-order valence-electron chi connectivity index (χ0n) is 24.1. The molecule has 3 aromatic heterocycles. The molecule has 0 fully saturated rings. The van der Waals surface area contributed by atoms with Crippen molar-refractivity contribution in [3.8, 4) is 11.1 Å². The molecule has 0 aliphatic heterocycles. The Bertz CT molecular complexity index is 1880. The number of nitrogens with zero attached hydrogens (tertiary/aromatic N) is 3. The summed E-state index contributed by atoms with van der Waals surface area (Å²) in [7, 11) is 1.29. The lowest BCUT2D eigenvalue weighted by Gasteiger charge is -2.22. The molecule has 1 amide bonds. The fourth-order valence-electron chi connectivity index (χ4n) is 4.81. The first-order valence-corrected chi connectivity index (χ1v) is 13.4. The van der Waals surface area contributed by atoms with Crippen LogP contribution in [0.5, 0.6) is 0 Å². The van der Waals surface area contributed by atoms with Gasteiger partial charge in [0.2, 0.25) is 0 Å². The monoisotopic (exact) mass is 659 g/mol. The molecule has 0 radical (unpaired) electrons. The average Bonchev–Trinajstić information content (AvgIpc) is 3.45. The number of nitrogens with one attached hydrogen (secondary N) is 2. The highest BCUT2D eigenvalue weighted by Gasteiger charge is 2.39. The van der Waals surface area contributed by atoms with Crippen LogP contribution in [0.1, 0.15) is 40.7 Å². The van der Waals surface area contributed by atoms with Gasteiger partial charge in [0.05, 0.1) is 22.4 Å². The Labute approximate surface area is 254 Å². The van der Waals surface area contributed by atoms with Crippen LogP contribution in [-0.2, 0) is 24.4 Å². The predicted molar refractivity (Wildman–Crippen MR) is 148 cm³/mol. The molecular weight excluding hydrogens is 634 g/mol. The number of carboxylic acids is 1. The van der Waals surface area contributed by atoms with E-state index in [2.05, 4.69) is 4.98 Å². The second kappa shape index (κ2) is 12.4. The van der Waals surface area contributed by atoms with E-state index in [-0.39, 0.29) is 22.6 Å². The summed E-state index contributed by atoms with van der Waals surface area (Å²) in [4.78, 5) is 41.9. The molecule has 3 heterocycles. The van der Waals surface area contributed by atoms with Crippen LogP contribution in [0, 0.1) is 18.6 Å². The molecule has 0 bridgehead atoms. The van der Waals surface area contributed by atoms with Crippen molar-refractivity contribution in [2.24, 2.45) is 7.05 Å². The Morgan fingerprint density at radius 3 is 2.30 bits per heavy atom. The van der Waals surface area contributed by atoms with Crippen LogP contribution in [0.2, 0.25) is 0 Å². The van der Waals surface area contributed by atoms with Crippen molar-refractivity contribution in [1.29, 1.82) is 0 Å². The fourth-order valence-corrected chi connectivity index (χ4v) is 4.81. The summed E-state index contributed by atoms with van der Waals surface area (Å²) in [6.07, 6.45) is -8.27. The van der Waals surface area contributed by atoms with Crippen LogP contribution in [0.15, 0.2) is 47.5 Å². The molecule has 4 rings (SSSR count). The van der Waals surface area contributed by atoms with Crippen LogP contribution in [-0.4, -0.2) is 49.2 Å². The molecule has 246 valence electrons. The first-order valence-electron chi connectivity index (χ1n) is 13.4. The van der Waals surface area contributed by atoms with Gasteiger partial charge in [-0.15, -0.1) is 0 Å². The van der Waals surface area contributed by atoms with Crippen LogP contribution in [0.4, 0.5) is 40.8 Å². The van der Waals surface area contributed by atoms with Gasteiger partial charge in [0.15, 0.2) is 0 Å². The first kappa shape index (κ1) is 33.9. The van der Waals surface area contributed by atoms with Crippen LogP contribution in [0.3, 0.4) is 0 Å². The van der Waals surface area contributed by atoms with Gasteiger partial charge in [-0.05, 0) is 37.6 Å². The summed E-state index contributed by atoms with van der Waals surface area (Å²) in [6, 6.07) is -0.189. The van der Waals surface area contributed by atoms with Crippen molar-refractivity contribution in [3.63, 3.8) is 0 Å². The minimum atomic E-state index is -4.91. The Morgan fingerprint density at radius 1 is 1.04 bits per heavy atom. The summed E-state index contributed by atoms with van der Waals surface area (Å²) >= 11 is 0. The number of aliphatic carboxylic acids is 1. The molecule has 4 aromatic rings. The maximum absolute atomic E-state index is 14.8. The second-order valence-electron chi connectivity index (χ2n) is 10.3. The molecule has 2 unspecified atom stereocenters. The zero-order chi connectivity index (χ0) is 34.3. The number of imidazole rings is 1. The standard InChI is InChI=1S/C29H25F8N5O4/c1-4-22(29(35,36)37)39-20-12-18(30)16(11-19(20)31)25(43)40-21(27(45)46)10-14-5-6-15(24-38-7-8-42(14)24)23-17(28(32,33)34)9-13(2)41(3)26(23)44/h5-9,11-12,21-22,39H,4,10H2,1-3H3,(H,40,43)(H,45,46). The number of alkyl halides is 6. The number of hydrogen-bond acceptors (Lipinski definition) is 5. The van der Waals surface area contributed by atoms with Gasteiger partial charge in [0.25, 0.3) is 11.5 Å². The molecule has 0 spiro atoms. The summed E-state index contributed by atoms with van der Waals surface area (Å²) in [5, 5.41) is 13.6. The van der Waals surface area contributed by atoms with Crippen LogP contribution < -0.4 is 16.2 Å². The van der Waals surface area contributed by atoms with Gasteiger partial charge in [-0.25, -0.2) is 18.6 Å². The lowest BCUT2D eigenvalue weighted by molar-refractivity contribution is -0.143. The van der Waals surface area contributed by atoms with Crippen LogP contribution >= 0.6 is 0 Å².